The summed E-state index contributed by atoms with van der Waals surface area (Å²) in [5, 5.41) is 0.254. The Kier molecular flexibility index (Phi) is 3.76. The quantitative estimate of drug-likeness (QED) is 0.867. The molecule has 0 spiro atoms. The van der Waals surface area contributed by atoms with Gasteiger partial charge in [-0.2, -0.15) is 0 Å². The first-order chi connectivity index (χ1) is 9.45. The summed E-state index contributed by atoms with van der Waals surface area (Å²) < 4.78 is 5.85. The molecule has 2 rings (SSSR count). The van der Waals surface area contributed by atoms with E-state index in [1.54, 1.807) is 0 Å². The average Bonchev–Trinajstić information content (AvgIpc) is 2.38. The van der Waals surface area contributed by atoms with Crippen LogP contribution in [0, 0.1) is 0 Å². The Morgan fingerprint density at radius 3 is 2.60 bits per heavy atom. The number of ketones is 1. The lowest BCUT2D eigenvalue weighted by molar-refractivity contribution is 0.101. The van der Waals surface area contributed by atoms with Gasteiger partial charge in [-0.1, -0.05) is 11.6 Å². The van der Waals surface area contributed by atoms with E-state index in [9.17, 15) is 14.4 Å². The Balaban J connectivity index is 2.73. The third-order valence-corrected chi connectivity index (χ3v) is 3.04. The van der Waals surface area contributed by atoms with E-state index < -0.39 is 17.0 Å². The predicted molar refractivity (Wildman–Crippen MR) is 74.2 cm³/mol. The van der Waals surface area contributed by atoms with E-state index in [4.69, 9.17) is 16.3 Å². The number of halogens is 1. The van der Waals surface area contributed by atoms with Crippen LogP contribution in [-0.4, -0.2) is 22.4 Å². The van der Waals surface area contributed by atoms with E-state index in [1.165, 1.54) is 32.2 Å². The van der Waals surface area contributed by atoms with Crippen molar-refractivity contribution in [2.45, 2.75) is 6.92 Å². The first kappa shape index (κ1) is 14.1. The molecule has 0 saturated heterocycles. The van der Waals surface area contributed by atoms with Crippen LogP contribution in [0.25, 0.3) is 5.69 Å². The maximum absolute atomic E-state index is 12.1. The van der Waals surface area contributed by atoms with Crippen molar-refractivity contribution < 1.29 is 9.53 Å². The predicted octanol–water partition coefficient (Wildman–Crippen LogP) is 1.39. The number of benzene rings is 1. The molecule has 0 bridgehead atoms. The van der Waals surface area contributed by atoms with Gasteiger partial charge in [0.05, 0.1) is 23.4 Å². The van der Waals surface area contributed by atoms with Crippen LogP contribution in [-0.2, 0) is 0 Å². The number of ether oxygens (including phenoxy) is 1. The molecule has 1 heterocycles. The van der Waals surface area contributed by atoms with Crippen LogP contribution in [0.1, 0.15) is 17.3 Å². The molecule has 0 aliphatic rings. The van der Waals surface area contributed by atoms with Gasteiger partial charge in [0.2, 0.25) is 0 Å². The zero-order valence-corrected chi connectivity index (χ0v) is 11.5. The summed E-state index contributed by atoms with van der Waals surface area (Å²) in [5.74, 6) is -0.0118. The van der Waals surface area contributed by atoms with Crippen LogP contribution in [0.5, 0.6) is 5.75 Å². The number of hydrogen-bond donors (Lipinski definition) is 1. The Bertz CT molecular complexity index is 792. The first-order valence-corrected chi connectivity index (χ1v) is 6.03. The highest BCUT2D eigenvalue weighted by Crippen LogP contribution is 2.25. The summed E-state index contributed by atoms with van der Waals surface area (Å²) in [6, 6.07) is 4.45. The van der Waals surface area contributed by atoms with Gasteiger partial charge in [-0.25, -0.2) is 9.36 Å². The van der Waals surface area contributed by atoms with E-state index in [0.717, 1.165) is 10.8 Å². The van der Waals surface area contributed by atoms with E-state index in [1.807, 2.05) is 0 Å². The fourth-order valence-electron chi connectivity index (χ4n) is 1.75. The fraction of sp³-hybridized carbons (Fsp3) is 0.154. The minimum atomic E-state index is -0.692. The van der Waals surface area contributed by atoms with Gasteiger partial charge in [0, 0.05) is 6.20 Å². The lowest BCUT2D eigenvalue weighted by Crippen LogP contribution is -2.36. The van der Waals surface area contributed by atoms with Gasteiger partial charge in [0.1, 0.15) is 5.75 Å². The number of aromatic amines is 1. The second-order valence-electron chi connectivity index (χ2n) is 4.02. The maximum atomic E-state index is 12.1. The largest absolute Gasteiger partial charge is 0.495 e. The van der Waals surface area contributed by atoms with Crippen LogP contribution < -0.4 is 16.0 Å². The van der Waals surface area contributed by atoms with Crippen LogP contribution >= 0.6 is 11.6 Å². The first-order valence-electron chi connectivity index (χ1n) is 5.65. The SMILES string of the molecule is COc1ccc(-n2c(=O)[nH]cc(C(C)=O)c2=O)cc1Cl. The monoisotopic (exact) mass is 294 g/mol. The molecule has 20 heavy (non-hydrogen) atoms. The number of hydrogen-bond acceptors (Lipinski definition) is 4. The Morgan fingerprint density at radius 1 is 1.35 bits per heavy atom. The number of nitrogens with one attached hydrogen (secondary N) is 1. The zero-order valence-electron chi connectivity index (χ0n) is 10.8. The topological polar surface area (TPSA) is 81.2 Å². The van der Waals surface area contributed by atoms with Crippen molar-refractivity contribution in [3.05, 3.63) is 55.8 Å². The number of aromatic nitrogens is 2. The summed E-state index contributed by atoms with van der Waals surface area (Å²) in [6.45, 7) is 1.25. The highest BCUT2D eigenvalue weighted by atomic mass is 35.5. The second-order valence-corrected chi connectivity index (χ2v) is 4.43. The van der Waals surface area contributed by atoms with Crippen LogP contribution in [0.4, 0.5) is 0 Å². The fourth-order valence-corrected chi connectivity index (χ4v) is 2.01. The summed E-state index contributed by atoms with van der Waals surface area (Å²) >= 11 is 5.97. The van der Waals surface area contributed by atoms with Crippen molar-refractivity contribution in [2.24, 2.45) is 0 Å². The molecule has 1 N–H and O–H groups in total. The lowest BCUT2D eigenvalue weighted by Gasteiger charge is -2.08. The number of Topliss-reactive ketones (excluding diaryl/α,β-unsaturated/α-hetero) is 1. The smallest absolute Gasteiger partial charge is 0.333 e. The average molecular weight is 295 g/mol. The summed E-state index contributed by atoms with van der Waals surface area (Å²) in [7, 11) is 1.45. The van der Waals surface area contributed by atoms with Crippen molar-refractivity contribution in [3.63, 3.8) is 0 Å². The van der Waals surface area contributed by atoms with E-state index in [2.05, 4.69) is 4.98 Å². The van der Waals surface area contributed by atoms with Crippen molar-refractivity contribution in [1.29, 1.82) is 0 Å². The molecule has 6 nitrogen and oxygen atoms in total. The molecule has 0 aliphatic carbocycles. The summed E-state index contributed by atoms with van der Waals surface area (Å²) in [4.78, 5) is 37.6. The number of carbonyl (C=O) groups excluding carboxylic acids is 1. The number of H-pyrrole nitrogens is 1. The van der Waals surface area contributed by atoms with Gasteiger partial charge in [0.25, 0.3) is 5.56 Å². The molecule has 1 aromatic heterocycles. The second kappa shape index (κ2) is 5.34. The van der Waals surface area contributed by atoms with Gasteiger partial charge < -0.3 is 9.72 Å². The third kappa shape index (κ3) is 2.37. The zero-order chi connectivity index (χ0) is 14.9. The Labute approximate surface area is 118 Å². The molecule has 2 aromatic rings. The van der Waals surface area contributed by atoms with Crippen molar-refractivity contribution in [2.75, 3.05) is 7.11 Å². The minimum Gasteiger partial charge on any atom is -0.495 e. The van der Waals surface area contributed by atoms with Gasteiger partial charge in [-0.15, -0.1) is 0 Å². The molecule has 0 amide bonds. The maximum Gasteiger partial charge on any atom is 0.333 e. The van der Waals surface area contributed by atoms with Gasteiger partial charge in [0.15, 0.2) is 5.78 Å². The van der Waals surface area contributed by atoms with Crippen molar-refractivity contribution in [1.82, 2.24) is 9.55 Å². The Hall–Kier alpha value is -2.34. The molecule has 0 radical (unpaired) electrons. The van der Waals surface area contributed by atoms with Crippen molar-refractivity contribution in [3.8, 4) is 11.4 Å². The minimum absolute atomic E-state index is 0.100. The highest BCUT2D eigenvalue weighted by Gasteiger charge is 2.13. The third-order valence-electron chi connectivity index (χ3n) is 2.75. The molecule has 1 aromatic carbocycles. The number of rotatable bonds is 3. The molecule has 0 unspecified atom stereocenters. The lowest BCUT2D eigenvalue weighted by atomic mass is 10.2. The van der Waals surface area contributed by atoms with Gasteiger partial charge >= 0.3 is 5.69 Å². The number of carbonyl (C=O) groups is 1. The van der Waals surface area contributed by atoms with E-state index >= 15 is 0 Å². The Morgan fingerprint density at radius 2 is 2.05 bits per heavy atom. The normalized spacial score (nSPS) is 10.3. The van der Waals surface area contributed by atoms with Crippen LogP contribution in [0.3, 0.4) is 0 Å². The number of nitrogens with zero attached hydrogens (tertiary/aromatic N) is 1. The van der Waals surface area contributed by atoms with Gasteiger partial charge in [-0.3, -0.25) is 9.59 Å². The molecule has 0 fully saturated rings. The van der Waals surface area contributed by atoms with Crippen molar-refractivity contribution >= 4 is 17.4 Å². The molecule has 0 aliphatic heterocycles. The highest BCUT2D eigenvalue weighted by molar-refractivity contribution is 6.32. The summed E-state index contributed by atoms with van der Waals surface area (Å²) in [5.41, 5.74) is -1.19. The van der Waals surface area contributed by atoms with E-state index in [-0.39, 0.29) is 16.3 Å². The summed E-state index contributed by atoms with van der Waals surface area (Å²) in [6.07, 6.45) is 1.11. The van der Waals surface area contributed by atoms with Crippen LogP contribution in [0.15, 0.2) is 34.0 Å². The molecular formula is C13H11ClN2O4. The number of methoxy groups -OCH3 is 1. The van der Waals surface area contributed by atoms with Gasteiger partial charge in [-0.05, 0) is 25.1 Å². The molecule has 0 atom stereocenters. The standard InChI is InChI=1S/C13H11ClN2O4/c1-7(17)9-6-15-13(19)16(12(9)18)8-3-4-11(20-2)10(14)5-8/h3-6H,1-2H3,(H,15,19). The molecule has 0 saturated carbocycles. The molecule has 7 heteroatoms. The molecule has 104 valence electrons. The molecular weight excluding hydrogens is 284 g/mol. The van der Waals surface area contributed by atoms with E-state index in [0.29, 0.717) is 5.75 Å². The van der Waals surface area contributed by atoms with Crippen LogP contribution in [0.2, 0.25) is 5.02 Å².